The Morgan fingerprint density at radius 2 is 1.74 bits per heavy atom. The molecule has 12 nitrogen and oxygen atoms in total. The largest absolute Gasteiger partial charge is 0.459 e. The number of methoxy groups -OCH3 is 1. The number of hydrogen-bond acceptors (Lipinski definition) is 12. The summed E-state index contributed by atoms with van der Waals surface area (Å²) in [5, 5.41) is 34.0. The maximum atomic E-state index is 13.9. The number of benzene rings is 2. The number of amides is 1. The normalized spacial score (nSPS) is 24.5. The highest BCUT2D eigenvalue weighted by atomic mass is 32.2. The Morgan fingerprint density at radius 3 is 2.39 bits per heavy atom. The average Bonchev–Trinajstić information content (AvgIpc) is 3.20. The summed E-state index contributed by atoms with van der Waals surface area (Å²) in [6.07, 6.45) is 10.3. The minimum Gasteiger partial charge on any atom is -0.459 e. The van der Waals surface area contributed by atoms with Crippen molar-refractivity contribution in [3.05, 3.63) is 72.3 Å². The summed E-state index contributed by atoms with van der Waals surface area (Å²) in [5.41, 5.74) is 1.97. The van der Waals surface area contributed by atoms with Gasteiger partial charge in [-0.25, -0.2) is 4.79 Å². The molecule has 57 heavy (non-hydrogen) atoms. The highest BCUT2D eigenvalue weighted by Gasteiger charge is 2.65. The van der Waals surface area contributed by atoms with Crippen molar-refractivity contribution in [3.8, 4) is 17.2 Å². The van der Waals surface area contributed by atoms with Crippen LogP contribution in [-0.2, 0) is 19.0 Å². The van der Waals surface area contributed by atoms with Crippen molar-refractivity contribution in [2.45, 2.75) is 94.0 Å². The maximum absolute atomic E-state index is 13.9. The van der Waals surface area contributed by atoms with Crippen LogP contribution in [0.1, 0.15) is 77.2 Å². The molecule has 1 aliphatic heterocycles. The van der Waals surface area contributed by atoms with Gasteiger partial charge in [0.1, 0.15) is 28.9 Å². The van der Waals surface area contributed by atoms with Crippen molar-refractivity contribution in [3.63, 3.8) is 0 Å². The van der Waals surface area contributed by atoms with Gasteiger partial charge in [-0.1, -0.05) is 30.1 Å². The number of carbonyl (C=O) groups is 1. The summed E-state index contributed by atoms with van der Waals surface area (Å²) in [7, 11) is 1.35. The van der Waals surface area contributed by atoms with Crippen molar-refractivity contribution < 1.29 is 48.6 Å². The van der Waals surface area contributed by atoms with Crippen LogP contribution >= 0.6 is 11.8 Å². The van der Waals surface area contributed by atoms with E-state index in [0.29, 0.717) is 35.8 Å². The van der Waals surface area contributed by atoms with E-state index in [-0.39, 0.29) is 70.4 Å². The first-order valence-electron chi connectivity index (χ1n) is 20.2. The standard InChI is InChI=1S/C44H62N2O10S/c1-7-24-53-44-39(46(42(50)51-5)20-25-52-26-23-49)29-37(45-56-43(2,3)4)35-27-30(12-8-10-21-47)34(13-9-11-22-48)40(41(35)44)36-28-32(16-19-38(36)55-44)54-31-14-17-33(57-6)18-15-31/h7,14-19,27-28,30,34,39-41,47-49H,1,8-13,20-26,29H2,2-6H3. The third kappa shape index (κ3) is 10.7. The van der Waals surface area contributed by atoms with E-state index >= 15 is 0 Å². The number of aliphatic hydroxyl groups excluding tert-OH is 3. The number of rotatable bonds is 21. The predicted molar refractivity (Wildman–Crippen MR) is 221 cm³/mol. The number of thioether (sulfide) groups is 1. The lowest BCUT2D eigenvalue weighted by atomic mass is 9.55. The molecule has 0 radical (unpaired) electrons. The molecule has 2 aliphatic carbocycles. The molecule has 1 saturated carbocycles. The van der Waals surface area contributed by atoms with Crippen LogP contribution < -0.4 is 9.47 Å². The number of aliphatic hydroxyl groups is 3. The van der Waals surface area contributed by atoms with E-state index < -0.39 is 29.4 Å². The van der Waals surface area contributed by atoms with E-state index in [2.05, 4.69) is 18.7 Å². The molecule has 1 heterocycles. The zero-order valence-electron chi connectivity index (χ0n) is 34.2. The third-order valence-corrected chi connectivity index (χ3v) is 11.6. The number of oxime groups is 1. The molecule has 1 fully saturated rings. The second-order valence-electron chi connectivity index (χ2n) is 15.8. The molecular weight excluding hydrogens is 749 g/mol. The summed E-state index contributed by atoms with van der Waals surface area (Å²) in [4.78, 5) is 22.8. The number of allylic oxidation sites excluding steroid dienone is 1. The SMILES string of the molecule is C=CCOC12Oc3ccc(Oc4ccc(SC)cc4)cc3C3C(CCCCO)C(CCCCO)C=C(C(=NOC(C)(C)C)CC1N(CCOCCO)C(=O)OC)C32. The lowest BCUT2D eigenvalue weighted by molar-refractivity contribution is -0.256. The number of hydrogen-bond donors (Lipinski definition) is 3. The van der Waals surface area contributed by atoms with Gasteiger partial charge in [0.25, 0.3) is 0 Å². The fraction of sp³-hybridized carbons (Fsp3) is 0.591. The van der Waals surface area contributed by atoms with Crippen LogP contribution in [-0.4, -0.2) is 109 Å². The van der Waals surface area contributed by atoms with Gasteiger partial charge in [-0.2, -0.15) is 0 Å². The van der Waals surface area contributed by atoms with E-state index in [9.17, 15) is 20.1 Å². The fourth-order valence-electron chi connectivity index (χ4n) is 8.50. The van der Waals surface area contributed by atoms with Gasteiger partial charge in [-0.15, -0.1) is 18.3 Å². The van der Waals surface area contributed by atoms with E-state index in [1.807, 2.05) is 63.4 Å². The first-order chi connectivity index (χ1) is 27.5. The second-order valence-corrected chi connectivity index (χ2v) is 16.6. The Morgan fingerprint density at radius 1 is 1.02 bits per heavy atom. The third-order valence-electron chi connectivity index (χ3n) is 10.9. The lowest BCUT2D eigenvalue weighted by Crippen LogP contribution is -2.70. The average molecular weight is 811 g/mol. The topological polar surface area (TPSA) is 149 Å². The minimum atomic E-state index is -1.44. The molecule has 2 aromatic carbocycles. The number of fused-ring (bicyclic) bond motifs is 2. The lowest BCUT2D eigenvalue weighted by Gasteiger charge is -2.59. The van der Waals surface area contributed by atoms with Gasteiger partial charge < -0.3 is 43.8 Å². The van der Waals surface area contributed by atoms with Crippen molar-refractivity contribution in [2.75, 3.05) is 59.6 Å². The van der Waals surface area contributed by atoms with E-state index in [1.54, 1.807) is 22.7 Å². The van der Waals surface area contributed by atoms with Gasteiger partial charge in [0.2, 0.25) is 5.79 Å². The molecule has 6 unspecified atom stereocenters. The number of unbranched alkanes of at least 4 members (excludes halogenated alkanes) is 2. The van der Waals surface area contributed by atoms with Gasteiger partial charge in [0, 0.05) is 42.6 Å². The molecule has 1 amide bonds. The fourth-order valence-corrected chi connectivity index (χ4v) is 8.91. The highest BCUT2D eigenvalue weighted by Crippen LogP contribution is 2.62. The van der Waals surface area contributed by atoms with E-state index in [4.69, 9.17) is 33.7 Å². The monoisotopic (exact) mass is 810 g/mol. The Balaban J connectivity index is 1.77. The summed E-state index contributed by atoms with van der Waals surface area (Å²) < 4.78 is 31.8. The first kappa shape index (κ1) is 44.5. The highest BCUT2D eigenvalue weighted by molar-refractivity contribution is 7.98. The molecule has 0 bridgehead atoms. The van der Waals surface area contributed by atoms with Gasteiger partial charge in [0.05, 0.1) is 45.2 Å². The molecule has 314 valence electrons. The van der Waals surface area contributed by atoms with Gasteiger partial charge in [0.15, 0.2) is 0 Å². The molecule has 0 saturated heterocycles. The molecule has 5 rings (SSSR count). The molecular formula is C44H62N2O10S. The molecule has 13 heteroatoms. The van der Waals surface area contributed by atoms with Gasteiger partial charge in [-0.05, 0) is 113 Å². The van der Waals surface area contributed by atoms with Crippen LogP contribution in [0.25, 0.3) is 0 Å². The Labute approximate surface area is 342 Å². The van der Waals surface area contributed by atoms with Gasteiger partial charge in [-0.3, -0.25) is 4.90 Å². The summed E-state index contributed by atoms with van der Waals surface area (Å²) >= 11 is 1.67. The van der Waals surface area contributed by atoms with Crippen LogP contribution in [0.4, 0.5) is 4.79 Å². The molecule has 6 atom stereocenters. The Hall–Kier alpha value is -3.59. The van der Waals surface area contributed by atoms with Crippen LogP contribution in [0.5, 0.6) is 17.2 Å². The zero-order chi connectivity index (χ0) is 41.0. The summed E-state index contributed by atoms with van der Waals surface area (Å²) in [6, 6.07) is 13.1. The van der Waals surface area contributed by atoms with Crippen LogP contribution in [0, 0.1) is 17.8 Å². The quantitative estimate of drug-likeness (QED) is 0.0493. The Bertz CT molecular complexity index is 1680. The first-order valence-corrected chi connectivity index (χ1v) is 21.4. The van der Waals surface area contributed by atoms with Crippen molar-refractivity contribution in [1.29, 1.82) is 0 Å². The molecule has 0 spiro atoms. The molecule has 2 aromatic rings. The van der Waals surface area contributed by atoms with E-state index in [1.165, 1.54) is 7.11 Å². The minimum absolute atomic E-state index is 0.0532. The van der Waals surface area contributed by atoms with Crippen molar-refractivity contribution >= 4 is 23.6 Å². The van der Waals surface area contributed by atoms with Crippen LogP contribution in [0.2, 0.25) is 0 Å². The number of ether oxygens (including phenoxy) is 5. The zero-order valence-corrected chi connectivity index (χ0v) is 35.0. The van der Waals surface area contributed by atoms with Crippen LogP contribution in [0.15, 0.2) is 76.8 Å². The molecule has 3 aliphatic rings. The smallest absolute Gasteiger partial charge is 0.410 e. The van der Waals surface area contributed by atoms with Crippen LogP contribution in [0.3, 0.4) is 0 Å². The molecule has 0 aromatic heterocycles. The van der Waals surface area contributed by atoms with Crippen molar-refractivity contribution in [2.24, 2.45) is 22.9 Å². The number of carbonyl (C=O) groups excluding carboxylic acids is 1. The second kappa shape index (κ2) is 20.9. The summed E-state index contributed by atoms with van der Waals surface area (Å²) in [6.45, 7) is 10.4. The van der Waals surface area contributed by atoms with E-state index in [0.717, 1.165) is 41.7 Å². The van der Waals surface area contributed by atoms with Gasteiger partial charge >= 0.3 is 6.09 Å². The number of nitrogens with zero attached hydrogens (tertiary/aromatic N) is 2. The van der Waals surface area contributed by atoms with Crippen molar-refractivity contribution in [1.82, 2.24) is 4.90 Å². The Kier molecular flexibility index (Phi) is 16.3. The maximum Gasteiger partial charge on any atom is 0.410 e. The predicted octanol–water partition coefficient (Wildman–Crippen LogP) is 7.71. The molecule has 3 N–H and O–H groups in total. The summed E-state index contributed by atoms with van der Waals surface area (Å²) in [5.74, 6) is -0.0216.